The molecule has 0 aromatic heterocycles. The highest BCUT2D eigenvalue weighted by atomic mass is 28.4. The van der Waals surface area contributed by atoms with Gasteiger partial charge < -0.3 is 13.6 Å². The van der Waals surface area contributed by atoms with Gasteiger partial charge in [0, 0.05) is 11.2 Å². The summed E-state index contributed by atoms with van der Waals surface area (Å²) in [6, 6.07) is 0.944. The van der Waals surface area contributed by atoms with E-state index in [0.29, 0.717) is 12.2 Å². The summed E-state index contributed by atoms with van der Waals surface area (Å²) in [6.07, 6.45) is 0.816. The Bertz CT molecular complexity index is 448. The van der Waals surface area contributed by atoms with Crippen LogP contribution in [0.4, 0.5) is 0 Å². The van der Waals surface area contributed by atoms with E-state index in [4.69, 9.17) is 13.6 Å². The molecule has 0 aliphatic carbocycles. The Morgan fingerprint density at radius 1 is 1.00 bits per heavy atom. The molecule has 0 fully saturated rings. The smallest absolute Gasteiger partial charge is 0.333 e. The van der Waals surface area contributed by atoms with Crippen molar-refractivity contribution in [1.29, 1.82) is 0 Å². The van der Waals surface area contributed by atoms with Crippen LogP contribution < -0.4 is 0 Å². The summed E-state index contributed by atoms with van der Waals surface area (Å²) in [7, 11) is -3.92. The van der Waals surface area contributed by atoms with Crippen molar-refractivity contribution in [3.8, 4) is 0 Å². The Labute approximate surface area is 151 Å². The second kappa shape index (κ2) is 8.30. The first-order valence-corrected chi connectivity index (χ1v) is 14.7. The van der Waals surface area contributed by atoms with E-state index in [0.717, 1.165) is 12.5 Å². The van der Waals surface area contributed by atoms with E-state index in [1.54, 1.807) is 6.92 Å². The fraction of sp³-hybridized carbons (Fsp3) is 0.833. The fourth-order valence-electron chi connectivity index (χ4n) is 2.54. The molecule has 6 heteroatoms. The standard InChI is InChI=1S/C18H38O4Si2/c1-15(2)16(19)20-13-12-14-23(8,9)22-18(6,7)24(10,11)21-17(3,4)5/h1,12-14H2,2-11H3. The third-order valence-corrected chi connectivity index (χ3v) is 11.0. The van der Waals surface area contributed by atoms with Crippen LogP contribution in [0.15, 0.2) is 12.2 Å². The molecular weight excluding hydrogens is 336 g/mol. The van der Waals surface area contributed by atoms with E-state index in [9.17, 15) is 4.79 Å². The molecule has 0 spiro atoms. The molecule has 0 radical (unpaired) electrons. The first kappa shape index (κ1) is 23.6. The van der Waals surface area contributed by atoms with Crippen LogP contribution in [-0.4, -0.2) is 40.0 Å². The van der Waals surface area contributed by atoms with Gasteiger partial charge >= 0.3 is 5.97 Å². The first-order valence-electron chi connectivity index (χ1n) is 8.72. The molecule has 0 aliphatic heterocycles. The van der Waals surface area contributed by atoms with Crippen molar-refractivity contribution < 1.29 is 18.4 Å². The summed E-state index contributed by atoms with van der Waals surface area (Å²) in [6.45, 7) is 25.1. The predicted octanol–water partition coefficient (Wildman–Crippen LogP) is 5.06. The van der Waals surface area contributed by atoms with E-state index < -0.39 is 16.6 Å². The van der Waals surface area contributed by atoms with Crippen LogP contribution in [0.1, 0.15) is 48.0 Å². The molecule has 0 saturated carbocycles. The maximum atomic E-state index is 11.4. The lowest BCUT2D eigenvalue weighted by Gasteiger charge is -2.46. The quantitative estimate of drug-likeness (QED) is 0.245. The van der Waals surface area contributed by atoms with Gasteiger partial charge in [-0.1, -0.05) is 6.58 Å². The number of carbonyl (C=O) groups excluding carboxylic acids is 1. The number of carbonyl (C=O) groups is 1. The van der Waals surface area contributed by atoms with E-state index >= 15 is 0 Å². The van der Waals surface area contributed by atoms with Crippen LogP contribution in [0.2, 0.25) is 32.2 Å². The highest BCUT2D eigenvalue weighted by Gasteiger charge is 2.47. The maximum Gasteiger partial charge on any atom is 0.333 e. The molecule has 0 N–H and O–H groups in total. The lowest BCUT2D eigenvalue weighted by molar-refractivity contribution is -0.138. The Kier molecular flexibility index (Phi) is 8.14. The van der Waals surface area contributed by atoms with Gasteiger partial charge in [-0.15, -0.1) is 0 Å². The molecule has 4 nitrogen and oxygen atoms in total. The normalized spacial score (nSPS) is 13.8. The van der Waals surface area contributed by atoms with Crippen LogP contribution >= 0.6 is 0 Å². The van der Waals surface area contributed by atoms with Crippen LogP contribution in [-0.2, 0) is 18.4 Å². The van der Waals surface area contributed by atoms with Crippen molar-refractivity contribution in [2.75, 3.05) is 6.61 Å². The minimum Gasteiger partial charge on any atom is -0.462 e. The highest BCUT2D eigenvalue weighted by molar-refractivity contribution is 6.77. The summed E-state index contributed by atoms with van der Waals surface area (Å²) in [5.41, 5.74) is 0.273. The van der Waals surface area contributed by atoms with Gasteiger partial charge in [0.05, 0.1) is 11.8 Å². The molecule has 142 valence electrons. The van der Waals surface area contributed by atoms with Gasteiger partial charge in [0.1, 0.15) is 0 Å². The van der Waals surface area contributed by atoms with Gasteiger partial charge in [-0.2, -0.15) is 0 Å². The summed E-state index contributed by atoms with van der Waals surface area (Å²) in [5, 5.41) is -0.273. The molecule has 0 atom stereocenters. The zero-order chi connectivity index (χ0) is 19.4. The summed E-state index contributed by atoms with van der Waals surface area (Å²) < 4.78 is 18.2. The largest absolute Gasteiger partial charge is 0.462 e. The minimum atomic E-state index is -2.04. The molecular formula is C18H38O4Si2. The lowest BCUT2D eigenvalue weighted by Crippen LogP contribution is -2.60. The van der Waals surface area contributed by atoms with Gasteiger partial charge in [0.2, 0.25) is 8.32 Å². The van der Waals surface area contributed by atoms with Gasteiger partial charge in [0.25, 0.3) is 0 Å². The number of rotatable bonds is 9. The van der Waals surface area contributed by atoms with Crippen LogP contribution in [0, 0.1) is 0 Å². The Morgan fingerprint density at radius 3 is 1.92 bits per heavy atom. The van der Waals surface area contributed by atoms with Crippen molar-refractivity contribution in [1.82, 2.24) is 0 Å². The van der Waals surface area contributed by atoms with E-state index in [1.807, 2.05) is 0 Å². The van der Waals surface area contributed by atoms with E-state index in [1.165, 1.54) is 0 Å². The number of hydrogen-bond donors (Lipinski definition) is 0. The SMILES string of the molecule is C=C(C)C(=O)OCCC[Si](C)(C)OC(C)(C)[Si](C)(C)OC(C)(C)C. The van der Waals surface area contributed by atoms with Crippen molar-refractivity contribution in [2.24, 2.45) is 0 Å². The third kappa shape index (κ3) is 8.60. The number of ether oxygens (including phenoxy) is 1. The van der Waals surface area contributed by atoms with Crippen LogP contribution in [0.25, 0.3) is 0 Å². The van der Waals surface area contributed by atoms with Gasteiger partial charge in [-0.25, -0.2) is 4.79 Å². The molecule has 0 bridgehead atoms. The zero-order valence-electron chi connectivity index (χ0n) is 17.5. The first-order chi connectivity index (χ1) is 10.5. The zero-order valence-corrected chi connectivity index (χ0v) is 19.5. The number of hydrogen-bond acceptors (Lipinski definition) is 4. The molecule has 0 rings (SSSR count). The van der Waals surface area contributed by atoms with E-state index in [-0.39, 0.29) is 16.8 Å². The van der Waals surface area contributed by atoms with Gasteiger partial charge in [-0.3, -0.25) is 0 Å². The van der Waals surface area contributed by atoms with Crippen molar-refractivity contribution >= 4 is 22.6 Å². The summed E-state index contributed by atoms with van der Waals surface area (Å²) >= 11 is 0. The molecule has 0 unspecified atom stereocenters. The topological polar surface area (TPSA) is 44.8 Å². The van der Waals surface area contributed by atoms with Gasteiger partial charge in [0.15, 0.2) is 8.32 Å². The average molecular weight is 375 g/mol. The van der Waals surface area contributed by atoms with Crippen LogP contribution in [0.5, 0.6) is 0 Å². The Balaban J connectivity index is 4.65. The Morgan fingerprint density at radius 2 is 1.50 bits per heavy atom. The fourth-order valence-corrected chi connectivity index (χ4v) is 8.61. The minimum absolute atomic E-state index is 0.168. The van der Waals surface area contributed by atoms with Crippen molar-refractivity contribution in [3.05, 3.63) is 12.2 Å². The highest BCUT2D eigenvalue weighted by Crippen LogP contribution is 2.33. The monoisotopic (exact) mass is 374 g/mol. The predicted molar refractivity (Wildman–Crippen MR) is 106 cm³/mol. The summed E-state index contributed by atoms with van der Waals surface area (Å²) in [4.78, 5) is 11.4. The second-order valence-corrected chi connectivity index (χ2v) is 17.8. The van der Waals surface area contributed by atoms with Crippen LogP contribution in [0.3, 0.4) is 0 Å². The number of esters is 1. The third-order valence-electron chi connectivity index (χ3n) is 4.05. The molecule has 24 heavy (non-hydrogen) atoms. The lowest BCUT2D eigenvalue weighted by atomic mass is 10.2. The molecule has 0 heterocycles. The van der Waals surface area contributed by atoms with Crippen molar-refractivity contribution in [2.45, 2.75) is 91.0 Å². The maximum absolute atomic E-state index is 11.4. The van der Waals surface area contributed by atoms with E-state index in [2.05, 4.69) is 67.4 Å². The van der Waals surface area contributed by atoms with Gasteiger partial charge in [-0.05, 0) is 80.2 Å². The second-order valence-electron chi connectivity index (χ2n) is 9.12. The Hall–Kier alpha value is -0.436. The molecule has 0 aromatic carbocycles. The van der Waals surface area contributed by atoms with Crippen molar-refractivity contribution in [3.63, 3.8) is 0 Å². The molecule has 0 aromatic rings. The summed E-state index contributed by atoms with van der Waals surface area (Å²) in [5.74, 6) is -0.317. The molecule has 0 aliphatic rings. The average Bonchev–Trinajstić information content (AvgIpc) is 2.29. The molecule has 0 saturated heterocycles. The molecule has 0 amide bonds.